The standard InChI is InChI=1S/C16H16N2/c1-16(2)9-14(13-7-8-18-15(13)16)12-5-3-11(10-17)4-6-12/h3-8,14,18H,9H2,1-2H3/t14-/m1/s1. The predicted octanol–water partition coefficient (Wildman–Crippen LogP) is 3.70. The Kier molecular flexibility index (Phi) is 2.31. The highest BCUT2D eigenvalue weighted by atomic mass is 14.7. The smallest absolute Gasteiger partial charge is 0.0991 e. The molecule has 1 atom stereocenters. The van der Waals surface area contributed by atoms with Gasteiger partial charge in [-0.05, 0) is 35.7 Å². The van der Waals surface area contributed by atoms with Gasteiger partial charge in [-0.1, -0.05) is 26.0 Å². The SMILES string of the molecule is CC1(C)C[C@H](c2ccc(C#N)cc2)c2cc[nH]c21. The van der Waals surface area contributed by atoms with Crippen molar-refractivity contribution in [2.75, 3.05) is 0 Å². The molecule has 0 unspecified atom stereocenters. The van der Waals surface area contributed by atoms with Crippen molar-refractivity contribution in [2.45, 2.75) is 31.6 Å². The fourth-order valence-electron chi connectivity index (χ4n) is 3.07. The Hall–Kier alpha value is -2.01. The first-order valence-electron chi connectivity index (χ1n) is 6.29. The molecule has 1 aliphatic carbocycles. The van der Waals surface area contributed by atoms with Gasteiger partial charge < -0.3 is 4.98 Å². The van der Waals surface area contributed by atoms with Crippen LogP contribution in [0.15, 0.2) is 36.5 Å². The Morgan fingerprint density at radius 1 is 1.22 bits per heavy atom. The normalized spacial score (nSPS) is 20.4. The number of nitrogens with one attached hydrogen (secondary N) is 1. The molecule has 2 nitrogen and oxygen atoms in total. The van der Waals surface area contributed by atoms with Crippen LogP contribution in [0.1, 0.15) is 48.6 Å². The van der Waals surface area contributed by atoms with Gasteiger partial charge in [0.1, 0.15) is 0 Å². The number of fused-ring (bicyclic) bond motifs is 1. The number of aromatic amines is 1. The van der Waals surface area contributed by atoms with Crippen LogP contribution >= 0.6 is 0 Å². The van der Waals surface area contributed by atoms with Gasteiger partial charge in [0.15, 0.2) is 0 Å². The molecular weight excluding hydrogens is 220 g/mol. The summed E-state index contributed by atoms with van der Waals surface area (Å²) in [6, 6.07) is 12.3. The molecule has 0 radical (unpaired) electrons. The molecule has 3 rings (SSSR count). The van der Waals surface area contributed by atoms with Gasteiger partial charge in [-0.2, -0.15) is 5.26 Å². The van der Waals surface area contributed by atoms with E-state index in [0.29, 0.717) is 5.92 Å². The van der Waals surface area contributed by atoms with Crippen molar-refractivity contribution in [3.63, 3.8) is 0 Å². The lowest BCUT2D eigenvalue weighted by Gasteiger charge is -2.19. The summed E-state index contributed by atoms with van der Waals surface area (Å²) < 4.78 is 0. The van der Waals surface area contributed by atoms with Crippen molar-refractivity contribution in [2.24, 2.45) is 0 Å². The Morgan fingerprint density at radius 3 is 2.61 bits per heavy atom. The van der Waals surface area contributed by atoms with E-state index in [-0.39, 0.29) is 5.41 Å². The van der Waals surface area contributed by atoms with Crippen molar-refractivity contribution in [1.29, 1.82) is 5.26 Å². The van der Waals surface area contributed by atoms with Gasteiger partial charge in [-0.25, -0.2) is 0 Å². The lowest BCUT2D eigenvalue weighted by molar-refractivity contribution is 0.488. The maximum Gasteiger partial charge on any atom is 0.0991 e. The van der Waals surface area contributed by atoms with E-state index >= 15 is 0 Å². The van der Waals surface area contributed by atoms with Crippen LogP contribution in [0, 0.1) is 11.3 Å². The quantitative estimate of drug-likeness (QED) is 0.805. The first-order valence-corrected chi connectivity index (χ1v) is 6.29. The fourth-order valence-corrected chi connectivity index (χ4v) is 3.07. The zero-order valence-electron chi connectivity index (χ0n) is 10.7. The summed E-state index contributed by atoms with van der Waals surface area (Å²) >= 11 is 0. The summed E-state index contributed by atoms with van der Waals surface area (Å²) in [7, 11) is 0. The highest BCUT2D eigenvalue weighted by molar-refractivity contribution is 5.45. The van der Waals surface area contributed by atoms with Crippen molar-refractivity contribution in [3.05, 3.63) is 58.9 Å². The predicted molar refractivity (Wildman–Crippen MR) is 71.4 cm³/mol. The summed E-state index contributed by atoms with van der Waals surface area (Å²) in [5.41, 5.74) is 5.00. The molecule has 0 bridgehead atoms. The molecule has 0 fully saturated rings. The van der Waals surface area contributed by atoms with E-state index in [4.69, 9.17) is 5.26 Å². The molecule has 0 spiro atoms. The molecule has 1 heterocycles. The monoisotopic (exact) mass is 236 g/mol. The van der Waals surface area contributed by atoms with E-state index in [1.165, 1.54) is 16.8 Å². The Balaban J connectivity index is 2.02. The second-order valence-corrected chi connectivity index (χ2v) is 5.68. The summed E-state index contributed by atoms with van der Waals surface area (Å²) in [5, 5.41) is 8.85. The van der Waals surface area contributed by atoms with Crippen molar-refractivity contribution < 1.29 is 0 Å². The molecule has 2 heteroatoms. The van der Waals surface area contributed by atoms with Crippen molar-refractivity contribution in [3.8, 4) is 6.07 Å². The van der Waals surface area contributed by atoms with E-state index in [2.05, 4.69) is 43.1 Å². The van der Waals surface area contributed by atoms with Crippen LogP contribution in [0.25, 0.3) is 0 Å². The minimum absolute atomic E-state index is 0.206. The lowest BCUT2D eigenvalue weighted by atomic mass is 9.86. The average Bonchev–Trinajstić information content (AvgIpc) is 2.93. The van der Waals surface area contributed by atoms with E-state index in [1.54, 1.807) is 0 Å². The van der Waals surface area contributed by atoms with Crippen LogP contribution in [0.2, 0.25) is 0 Å². The summed E-state index contributed by atoms with van der Waals surface area (Å²) in [5.74, 6) is 0.453. The topological polar surface area (TPSA) is 39.6 Å². The van der Waals surface area contributed by atoms with Gasteiger partial charge >= 0.3 is 0 Å². The summed E-state index contributed by atoms with van der Waals surface area (Å²) in [6.45, 7) is 4.57. The molecule has 18 heavy (non-hydrogen) atoms. The highest BCUT2D eigenvalue weighted by Crippen LogP contribution is 2.47. The zero-order valence-corrected chi connectivity index (χ0v) is 10.7. The third-order valence-corrected chi connectivity index (χ3v) is 3.99. The van der Waals surface area contributed by atoms with E-state index < -0.39 is 0 Å². The first-order chi connectivity index (χ1) is 8.62. The zero-order chi connectivity index (χ0) is 12.8. The van der Waals surface area contributed by atoms with Gasteiger partial charge in [0, 0.05) is 23.2 Å². The lowest BCUT2D eigenvalue weighted by Crippen LogP contribution is -2.13. The van der Waals surface area contributed by atoms with Gasteiger partial charge in [0.25, 0.3) is 0 Å². The van der Waals surface area contributed by atoms with Crippen LogP contribution in [-0.2, 0) is 5.41 Å². The maximum absolute atomic E-state index is 8.85. The first kappa shape index (κ1) is 11.1. The maximum atomic E-state index is 8.85. The largest absolute Gasteiger partial charge is 0.364 e. The number of hydrogen-bond acceptors (Lipinski definition) is 1. The summed E-state index contributed by atoms with van der Waals surface area (Å²) in [6.07, 6.45) is 3.16. The van der Waals surface area contributed by atoms with Gasteiger partial charge in [0.05, 0.1) is 11.6 Å². The van der Waals surface area contributed by atoms with Gasteiger partial charge in [-0.15, -0.1) is 0 Å². The molecule has 0 saturated carbocycles. The molecule has 0 saturated heterocycles. The number of rotatable bonds is 1. The molecule has 1 aromatic heterocycles. The van der Waals surface area contributed by atoms with Crippen LogP contribution in [0.5, 0.6) is 0 Å². The van der Waals surface area contributed by atoms with Crippen molar-refractivity contribution in [1.82, 2.24) is 4.98 Å². The average molecular weight is 236 g/mol. The second-order valence-electron chi connectivity index (χ2n) is 5.68. The van der Waals surface area contributed by atoms with Crippen LogP contribution in [0.3, 0.4) is 0 Å². The third-order valence-electron chi connectivity index (χ3n) is 3.99. The second kappa shape index (κ2) is 3.74. The Bertz CT molecular complexity index is 611. The molecule has 1 aromatic carbocycles. The van der Waals surface area contributed by atoms with Crippen molar-refractivity contribution >= 4 is 0 Å². The van der Waals surface area contributed by atoms with Crippen LogP contribution in [-0.4, -0.2) is 4.98 Å². The number of benzene rings is 1. The van der Waals surface area contributed by atoms with E-state index in [9.17, 15) is 0 Å². The van der Waals surface area contributed by atoms with Crippen LogP contribution < -0.4 is 0 Å². The minimum atomic E-state index is 0.206. The molecular formula is C16H16N2. The number of nitrogens with zero attached hydrogens (tertiary/aromatic N) is 1. The van der Waals surface area contributed by atoms with E-state index in [0.717, 1.165) is 12.0 Å². The minimum Gasteiger partial charge on any atom is -0.364 e. The van der Waals surface area contributed by atoms with Crippen LogP contribution in [0.4, 0.5) is 0 Å². The number of H-pyrrole nitrogens is 1. The molecule has 90 valence electrons. The van der Waals surface area contributed by atoms with E-state index in [1.807, 2.05) is 18.3 Å². The Labute approximate surface area is 107 Å². The molecule has 2 aromatic rings. The fraction of sp³-hybridized carbons (Fsp3) is 0.312. The molecule has 1 aliphatic rings. The number of nitriles is 1. The highest BCUT2D eigenvalue weighted by Gasteiger charge is 2.38. The summed E-state index contributed by atoms with van der Waals surface area (Å²) in [4.78, 5) is 3.38. The number of aromatic nitrogens is 1. The number of hydrogen-bond donors (Lipinski definition) is 1. The van der Waals surface area contributed by atoms with Gasteiger partial charge in [0.2, 0.25) is 0 Å². The Morgan fingerprint density at radius 2 is 1.94 bits per heavy atom. The third kappa shape index (κ3) is 1.55. The molecule has 0 amide bonds. The molecule has 1 N–H and O–H groups in total. The van der Waals surface area contributed by atoms with Gasteiger partial charge in [-0.3, -0.25) is 0 Å². The molecule has 0 aliphatic heterocycles.